The van der Waals surface area contributed by atoms with Gasteiger partial charge in [-0.25, -0.2) is 4.79 Å². The molecule has 228 valence electrons. The minimum atomic E-state index is -2.01. The molecule has 0 bridgehead atoms. The quantitative estimate of drug-likeness (QED) is 0.296. The van der Waals surface area contributed by atoms with Crippen LogP contribution < -0.4 is 5.19 Å². The minimum Gasteiger partial charge on any atom is -0.459 e. The lowest BCUT2D eigenvalue weighted by atomic mass is 9.46. The second-order valence-corrected chi connectivity index (χ2v) is 20.5. The first-order valence-electron chi connectivity index (χ1n) is 16.3. The van der Waals surface area contributed by atoms with Crippen molar-refractivity contribution in [1.29, 1.82) is 0 Å². The van der Waals surface area contributed by atoms with Crippen molar-refractivity contribution in [3.05, 3.63) is 65.2 Å². The van der Waals surface area contributed by atoms with Crippen molar-refractivity contribution in [1.82, 2.24) is 0 Å². The van der Waals surface area contributed by atoms with Crippen LogP contribution in [0.25, 0.3) is 0 Å². The predicted molar refractivity (Wildman–Crippen MR) is 165 cm³/mol. The third kappa shape index (κ3) is 3.57. The summed E-state index contributed by atoms with van der Waals surface area (Å²) in [5, 5.41) is 13.9. The lowest BCUT2D eigenvalue weighted by Crippen LogP contribution is -2.68. The van der Waals surface area contributed by atoms with E-state index in [-0.39, 0.29) is 53.4 Å². The molecule has 0 aromatic heterocycles. The molecule has 0 unspecified atom stereocenters. The molecule has 0 spiro atoms. The monoisotopic (exact) mass is 600 g/mol. The molecule has 2 aromatic rings. The number of epoxide rings is 2. The van der Waals surface area contributed by atoms with Gasteiger partial charge in [0.2, 0.25) is 0 Å². The highest BCUT2D eigenvalue weighted by Crippen LogP contribution is 2.69. The third-order valence-electron chi connectivity index (χ3n) is 13.5. The highest BCUT2D eigenvalue weighted by atomic mass is 28.3. The molecule has 2 saturated carbocycles. The van der Waals surface area contributed by atoms with Gasteiger partial charge < -0.3 is 19.3 Å². The van der Waals surface area contributed by atoms with Gasteiger partial charge in [-0.05, 0) is 68.2 Å². The number of carbonyl (C=O) groups is 2. The lowest BCUT2D eigenvalue weighted by molar-refractivity contribution is -0.178. The lowest BCUT2D eigenvalue weighted by Gasteiger charge is -2.59. The SMILES string of the molecule is C[C@@H](c1ccc2c(c1)CC[C@H]1[C@H]2[C@@H]2O[C@@H]2[C@@]2(O)C[C@@H]([Si](C)(C)c3ccccc3)CC(=O)[C@]12C)[C@H]1C[C@]2(C)O[C@]2(C)C(=O)O1. The fourth-order valence-electron chi connectivity index (χ4n) is 9.97. The molecule has 11 atom stereocenters. The van der Waals surface area contributed by atoms with Crippen LogP contribution in [0, 0.1) is 11.3 Å². The zero-order valence-corrected chi connectivity index (χ0v) is 27.2. The average molecular weight is 601 g/mol. The second kappa shape index (κ2) is 8.68. The normalized spacial score (nSPS) is 45.0. The molecule has 3 aliphatic heterocycles. The van der Waals surface area contributed by atoms with Gasteiger partial charge in [-0.15, -0.1) is 0 Å². The van der Waals surface area contributed by atoms with Gasteiger partial charge in [-0.1, -0.05) is 73.7 Å². The summed E-state index contributed by atoms with van der Waals surface area (Å²) in [6.07, 6.45) is 3.02. The maximum absolute atomic E-state index is 14.4. The summed E-state index contributed by atoms with van der Waals surface area (Å²) in [7, 11) is -2.01. The van der Waals surface area contributed by atoms with Crippen molar-refractivity contribution in [2.45, 2.75) is 125 Å². The molecule has 2 aromatic carbocycles. The van der Waals surface area contributed by atoms with E-state index in [1.54, 1.807) is 0 Å². The Balaban J connectivity index is 1.07. The molecule has 1 N–H and O–H groups in total. The second-order valence-electron chi connectivity index (χ2n) is 15.7. The molecule has 3 aliphatic carbocycles. The number of cyclic esters (lactones) is 1. The van der Waals surface area contributed by atoms with Crippen LogP contribution in [0.2, 0.25) is 18.6 Å². The van der Waals surface area contributed by atoms with Crippen LogP contribution in [0.4, 0.5) is 0 Å². The van der Waals surface area contributed by atoms with E-state index in [2.05, 4.69) is 69.4 Å². The zero-order valence-electron chi connectivity index (χ0n) is 26.2. The number of fused-ring (bicyclic) bond motifs is 9. The Kier molecular flexibility index (Phi) is 5.69. The molecule has 6 aliphatic rings. The maximum Gasteiger partial charge on any atom is 0.341 e. The summed E-state index contributed by atoms with van der Waals surface area (Å²) in [6.45, 7) is 12.7. The summed E-state index contributed by atoms with van der Waals surface area (Å²) in [6, 6.07) is 17.3. The first-order valence-corrected chi connectivity index (χ1v) is 19.3. The number of ketones is 1. The molecule has 5 fully saturated rings. The van der Waals surface area contributed by atoms with Crippen LogP contribution >= 0.6 is 0 Å². The number of ether oxygens (including phenoxy) is 3. The van der Waals surface area contributed by atoms with Gasteiger partial charge in [0, 0.05) is 24.7 Å². The minimum absolute atomic E-state index is 0.0467. The molecule has 3 heterocycles. The molecule has 0 radical (unpaired) electrons. The molecular weight excluding hydrogens is 556 g/mol. The molecule has 3 saturated heterocycles. The Morgan fingerprint density at radius 1 is 1.02 bits per heavy atom. The highest BCUT2D eigenvalue weighted by Gasteiger charge is 2.77. The fourth-order valence-corrected chi connectivity index (χ4v) is 13.0. The van der Waals surface area contributed by atoms with E-state index in [0.717, 1.165) is 12.8 Å². The number of Topliss-reactive ketones (excluding diaryl/α,β-unsaturated/α-hetero) is 1. The van der Waals surface area contributed by atoms with E-state index >= 15 is 0 Å². The van der Waals surface area contributed by atoms with Gasteiger partial charge in [-0.2, -0.15) is 0 Å². The van der Waals surface area contributed by atoms with Gasteiger partial charge in [0.25, 0.3) is 0 Å². The van der Waals surface area contributed by atoms with Gasteiger partial charge in [-0.3, -0.25) is 4.79 Å². The maximum atomic E-state index is 14.4. The van der Waals surface area contributed by atoms with Crippen LogP contribution in [0.1, 0.15) is 81.9 Å². The predicted octanol–water partition coefficient (Wildman–Crippen LogP) is 5.17. The number of esters is 1. The highest BCUT2D eigenvalue weighted by molar-refractivity contribution is 6.91. The topological polar surface area (TPSA) is 88.7 Å². The third-order valence-corrected chi connectivity index (χ3v) is 17.8. The van der Waals surface area contributed by atoms with Crippen molar-refractivity contribution < 1.29 is 28.9 Å². The smallest absolute Gasteiger partial charge is 0.341 e. The van der Waals surface area contributed by atoms with E-state index in [9.17, 15) is 14.7 Å². The summed E-state index contributed by atoms with van der Waals surface area (Å²) in [5.41, 5.74) is 0.708. The van der Waals surface area contributed by atoms with Gasteiger partial charge in [0.15, 0.2) is 5.60 Å². The summed E-state index contributed by atoms with van der Waals surface area (Å²) >= 11 is 0. The Labute approximate surface area is 255 Å². The molecule has 7 heteroatoms. The first-order chi connectivity index (χ1) is 20.2. The van der Waals surface area contributed by atoms with Crippen molar-refractivity contribution >= 4 is 25.0 Å². The van der Waals surface area contributed by atoms with E-state index in [1.807, 2.05) is 19.9 Å². The number of rotatable bonds is 4. The molecular formula is C36H44O6Si. The summed E-state index contributed by atoms with van der Waals surface area (Å²) in [5.74, 6) is 0.173. The van der Waals surface area contributed by atoms with E-state index in [1.165, 1.54) is 21.9 Å². The van der Waals surface area contributed by atoms with Crippen LogP contribution in [0.15, 0.2) is 48.5 Å². The molecule has 43 heavy (non-hydrogen) atoms. The van der Waals surface area contributed by atoms with Crippen LogP contribution in [0.5, 0.6) is 0 Å². The number of hydrogen-bond donors (Lipinski definition) is 1. The fraction of sp³-hybridized carbons (Fsp3) is 0.611. The van der Waals surface area contributed by atoms with Gasteiger partial charge in [0.05, 0.1) is 19.6 Å². The Bertz CT molecular complexity index is 1540. The molecule has 0 amide bonds. The molecule has 8 rings (SSSR count). The van der Waals surface area contributed by atoms with E-state index in [4.69, 9.17) is 14.2 Å². The average Bonchev–Trinajstić information content (AvgIpc) is 3.89. The standard InChI is InChI=1S/C36H44O6Si/c1-20(27-19-33(2)35(4,42-33)32(38)40-27)21-12-14-25-22(16-21)13-15-26-29(25)30-31(41-30)36(39)18-24(17-28(37)34(26,36)3)43(5,6)23-10-8-7-9-11-23/h7-12,14,16,20,24,26-27,29-31,39H,13,15,17-19H2,1-6H3/t20-,24-,26-,27+,29-,30-,31-,33-,34-,35+,36-/m0/s1. The van der Waals surface area contributed by atoms with E-state index < -0.39 is 30.3 Å². The Morgan fingerprint density at radius 3 is 2.49 bits per heavy atom. The van der Waals surface area contributed by atoms with Crippen molar-refractivity contribution in [2.75, 3.05) is 0 Å². The first kappa shape index (κ1) is 28.2. The van der Waals surface area contributed by atoms with Gasteiger partial charge in [0.1, 0.15) is 29.2 Å². The number of carbonyl (C=O) groups excluding carboxylic acids is 2. The van der Waals surface area contributed by atoms with Crippen LogP contribution in [-0.2, 0) is 30.2 Å². The zero-order chi connectivity index (χ0) is 30.3. The summed E-state index contributed by atoms with van der Waals surface area (Å²) in [4.78, 5) is 27.0. The summed E-state index contributed by atoms with van der Waals surface area (Å²) < 4.78 is 18.1. The van der Waals surface area contributed by atoms with Crippen LogP contribution in [0.3, 0.4) is 0 Å². The van der Waals surface area contributed by atoms with E-state index in [0.29, 0.717) is 19.3 Å². The number of benzene rings is 2. The number of aliphatic hydroxyl groups is 1. The largest absolute Gasteiger partial charge is 0.459 e. The number of hydrogen-bond acceptors (Lipinski definition) is 6. The Morgan fingerprint density at radius 2 is 1.77 bits per heavy atom. The van der Waals surface area contributed by atoms with Gasteiger partial charge >= 0.3 is 5.97 Å². The van der Waals surface area contributed by atoms with Crippen molar-refractivity contribution in [3.8, 4) is 0 Å². The number of aryl methyl sites for hydroxylation is 1. The molecule has 6 nitrogen and oxygen atoms in total. The Hall–Kier alpha value is -2.32. The van der Waals surface area contributed by atoms with Crippen molar-refractivity contribution in [3.63, 3.8) is 0 Å². The van der Waals surface area contributed by atoms with Crippen molar-refractivity contribution in [2.24, 2.45) is 11.3 Å². The van der Waals surface area contributed by atoms with Crippen LogP contribution in [-0.4, -0.2) is 60.0 Å².